The minimum Gasteiger partial charge on any atom is -0.377 e. The maximum atomic E-state index is 5.82. The first kappa shape index (κ1) is 14.1. The van der Waals surface area contributed by atoms with Gasteiger partial charge >= 0.3 is 0 Å². The molecule has 4 nitrogen and oxygen atoms in total. The molecule has 1 unspecified atom stereocenters. The van der Waals surface area contributed by atoms with Gasteiger partial charge in [-0.15, -0.1) is 11.8 Å². The molecule has 2 rings (SSSR count). The van der Waals surface area contributed by atoms with Crippen molar-refractivity contribution in [3.63, 3.8) is 0 Å². The van der Waals surface area contributed by atoms with E-state index in [1.807, 2.05) is 13.0 Å². The zero-order valence-electron chi connectivity index (χ0n) is 11.1. The number of nitrogens with zero attached hydrogens (tertiary/aromatic N) is 1. The van der Waals surface area contributed by atoms with Gasteiger partial charge in [0.15, 0.2) is 5.76 Å². The molecule has 0 aliphatic rings. The third kappa shape index (κ3) is 4.09. The number of hydrogen-bond donors (Lipinski definition) is 1. The predicted molar refractivity (Wildman–Crippen MR) is 75.8 cm³/mol. The number of hydrogen-bond acceptors (Lipinski definition) is 5. The summed E-state index contributed by atoms with van der Waals surface area (Å²) in [5.74, 6) is 1.54. The first-order valence-electron chi connectivity index (χ1n) is 6.11. The van der Waals surface area contributed by atoms with Crippen molar-refractivity contribution < 1.29 is 9.26 Å². The molecule has 0 bridgehead atoms. The largest absolute Gasteiger partial charge is 0.377 e. The van der Waals surface area contributed by atoms with Crippen molar-refractivity contribution in [2.45, 2.75) is 30.2 Å². The van der Waals surface area contributed by atoms with Gasteiger partial charge in [-0.3, -0.25) is 0 Å². The van der Waals surface area contributed by atoms with Gasteiger partial charge in [0.1, 0.15) is 6.61 Å². The van der Waals surface area contributed by atoms with E-state index >= 15 is 0 Å². The zero-order chi connectivity index (χ0) is 13.7. The minimum atomic E-state index is 0.0752. The van der Waals surface area contributed by atoms with E-state index in [0.717, 1.165) is 22.8 Å². The molecule has 1 aromatic carbocycles. The van der Waals surface area contributed by atoms with Gasteiger partial charge in [0.05, 0.1) is 5.69 Å². The lowest BCUT2D eigenvalue weighted by Crippen LogP contribution is -2.04. The van der Waals surface area contributed by atoms with Gasteiger partial charge in [0.25, 0.3) is 0 Å². The fraction of sp³-hybridized carbons (Fsp3) is 0.357. The third-order valence-corrected chi connectivity index (χ3v) is 3.73. The summed E-state index contributed by atoms with van der Waals surface area (Å²) in [7, 11) is 1.64. The number of thioether (sulfide) groups is 1. The highest BCUT2D eigenvalue weighted by Gasteiger charge is 2.05. The number of methoxy groups -OCH3 is 1. The van der Waals surface area contributed by atoms with Crippen LogP contribution in [0.5, 0.6) is 0 Å². The minimum absolute atomic E-state index is 0.0752. The average Bonchev–Trinajstić information content (AvgIpc) is 2.85. The summed E-state index contributed by atoms with van der Waals surface area (Å²) in [5, 5.41) is 4.00. The van der Waals surface area contributed by atoms with Gasteiger partial charge in [-0.1, -0.05) is 17.3 Å². The molecule has 0 spiro atoms. The second-order valence-corrected chi connectivity index (χ2v) is 5.41. The van der Waals surface area contributed by atoms with E-state index in [1.54, 1.807) is 18.9 Å². The van der Waals surface area contributed by atoms with Gasteiger partial charge in [0.2, 0.25) is 0 Å². The van der Waals surface area contributed by atoms with E-state index in [2.05, 4.69) is 29.4 Å². The van der Waals surface area contributed by atoms with Gasteiger partial charge < -0.3 is 15.0 Å². The van der Waals surface area contributed by atoms with E-state index in [1.165, 1.54) is 4.90 Å². The maximum absolute atomic E-state index is 5.82. The van der Waals surface area contributed by atoms with Crippen LogP contribution in [0, 0.1) is 0 Å². The summed E-state index contributed by atoms with van der Waals surface area (Å²) in [6, 6.07) is 10.3. The standard InChI is InChI=1S/C14H18N2O2S/c1-10(15)11-3-5-14(6-4-11)19-9-12-7-13(8-17-2)18-16-12/h3-7,10H,8-9,15H2,1-2H3. The molecule has 1 atom stereocenters. The summed E-state index contributed by atoms with van der Waals surface area (Å²) in [6.45, 7) is 2.44. The monoisotopic (exact) mass is 278 g/mol. The molecule has 0 radical (unpaired) electrons. The Morgan fingerprint density at radius 2 is 2.11 bits per heavy atom. The lowest BCUT2D eigenvalue weighted by Gasteiger charge is -2.06. The second-order valence-electron chi connectivity index (χ2n) is 4.36. The van der Waals surface area contributed by atoms with Crippen LogP contribution in [0.25, 0.3) is 0 Å². The van der Waals surface area contributed by atoms with E-state index < -0.39 is 0 Å². The summed E-state index contributed by atoms with van der Waals surface area (Å²) in [6.07, 6.45) is 0. The molecule has 0 saturated carbocycles. The number of rotatable bonds is 6. The van der Waals surface area contributed by atoms with E-state index in [9.17, 15) is 0 Å². The molecule has 0 amide bonds. The van der Waals surface area contributed by atoms with Crippen LogP contribution in [0.2, 0.25) is 0 Å². The van der Waals surface area contributed by atoms with Gasteiger partial charge in [-0.05, 0) is 24.6 Å². The van der Waals surface area contributed by atoms with Crippen molar-refractivity contribution in [2.75, 3.05) is 7.11 Å². The van der Waals surface area contributed by atoms with Crippen LogP contribution in [0.4, 0.5) is 0 Å². The molecule has 2 aromatic rings. The zero-order valence-corrected chi connectivity index (χ0v) is 11.9. The van der Waals surface area contributed by atoms with Crippen LogP contribution in [0.3, 0.4) is 0 Å². The Morgan fingerprint density at radius 3 is 2.74 bits per heavy atom. The molecule has 5 heteroatoms. The van der Waals surface area contributed by atoms with Crippen molar-refractivity contribution in [2.24, 2.45) is 5.73 Å². The summed E-state index contributed by atoms with van der Waals surface area (Å²) in [5.41, 5.74) is 7.89. The van der Waals surface area contributed by atoms with Crippen LogP contribution in [0.1, 0.15) is 30.0 Å². The van der Waals surface area contributed by atoms with E-state index in [0.29, 0.717) is 6.61 Å². The topological polar surface area (TPSA) is 61.3 Å². The first-order valence-corrected chi connectivity index (χ1v) is 7.09. The highest BCUT2D eigenvalue weighted by Crippen LogP contribution is 2.24. The molecule has 19 heavy (non-hydrogen) atoms. The summed E-state index contributed by atoms with van der Waals surface area (Å²) in [4.78, 5) is 1.20. The number of aromatic nitrogens is 1. The normalized spacial score (nSPS) is 12.6. The number of ether oxygens (including phenoxy) is 1. The Morgan fingerprint density at radius 1 is 1.37 bits per heavy atom. The first-order chi connectivity index (χ1) is 9.19. The van der Waals surface area contributed by atoms with Crippen molar-refractivity contribution in [3.8, 4) is 0 Å². The van der Waals surface area contributed by atoms with Crippen LogP contribution in [-0.2, 0) is 17.1 Å². The van der Waals surface area contributed by atoms with Crippen LogP contribution < -0.4 is 5.73 Å². The Labute approximate surface area is 117 Å². The second kappa shape index (κ2) is 6.75. The Balaban J connectivity index is 1.90. The molecule has 0 aliphatic heterocycles. The molecule has 0 fully saturated rings. The fourth-order valence-corrected chi connectivity index (χ4v) is 2.44. The molecule has 0 aliphatic carbocycles. The Bertz CT molecular complexity index is 508. The highest BCUT2D eigenvalue weighted by atomic mass is 32.2. The lowest BCUT2D eigenvalue weighted by atomic mass is 10.1. The number of nitrogens with two attached hydrogens (primary N) is 1. The van der Waals surface area contributed by atoms with Gasteiger partial charge in [-0.2, -0.15) is 0 Å². The Hall–Kier alpha value is -1.30. The van der Waals surface area contributed by atoms with E-state index in [4.69, 9.17) is 15.0 Å². The van der Waals surface area contributed by atoms with Crippen LogP contribution in [0.15, 0.2) is 39.8 Å². The quantitative estimate of drug-likeness (QED) is 0.823. The molecule has 2 N–H and O–H groups in total. The van der Waals surface area contributed by atoms with Crippen molar-refractivity contribution in [1.82, 2.24) is 5.16 Å². The molecular weight excluding hydrogens is 260 g/mol. The third-order valence-electron chi connectivity index (χ3n) is 2.69. The molecular formula is C14H18N2O2S. The number of benzene rings is 1. The smallest absolute Gasteiger partial charge is 0.162 e. The van der Waals surface area contributed by atoms with Crippen LogP contribution in [-0.4, -0.2) is 12.3 Å². The molecule has 1 aromatic heterocycles. The molecule has 102 valence electrons. The SMILES string of the molecule is COCc1cc(CSc2ccc(C(C)N)cc2)no1. The maximum Gasteiger partial charge on any atom is 0.162 e. The Kier molecular flexibility index (Phi) is 5.01. The average molecular weight is 278 g/mol. The fourth-order valence-electron chi connectivity index (χ4n) is 1.66. The highest BCUT2D eigenvalue weighted by molar-refractivity contribution is 7.98. The summed E-state index contributed by atoms with van der Waals surface area (Å²) < 4.78 is 10.1. The van der Waals surface area contributed by atoms with E-state index in [-0.39, 0.29) is 6.04 Å². The van der Waals surface area contributed by atoms with Crippen molar-refractivity contribution in [1.29, 1.82) is 0 Å². The lowest BCUT2D eigenvalue weighted by molar-refractivity contribution is 0.156. The molecule has 1 heterocycles. The van der Waals surface area contributed by atoms with Crippen molar-refractivity contribution >= 4 is 11.8 Å². The van der Waals surface area contributed by atoms with Crippen LogP contribution >= 0.6 is 11.8 Å². The van der Waals surface area contributed by atoms with Gasteiger partial charge in [-0.25, -0.2) is 0 Å². The molecule has 0 saturated heterocycles. The predicted octanol–water partition coefficient (Wildman–Crippen LogP) is 3.13. The summed E-state index contributed by atoms with van der Waals surface area (Å²) >= 11 is 1.72. The van der Waals surface area contributed by atoms with Gasteiger partial charge in [0, 0.05) is 29.9 Å². The van der Waals surface area contributed by atoms with Crippen molar-refractivity contribution in [3.05, 3.63) is 47.3 Å².